The third-order valence-electron chi connectivity index (χ3n) is 3.10. The van der Waals surface area contributed by atoms with E-state index in [0.29, 0.717) is 12.5 Å². The summed E-state index contributed by atoms with van der Waals surface area (Å²) in [5.41, 5.74) is 2.72. The van der Waals surface area contributed by atoms with Gasteiger partial charge >= 0.3 is 0 Å². The third kappa shape index (κ3) is 1.80. The van der Waals surface area contributed by atoms with E-state index in [9.17, 15) is 4.79 Å². The summed E-state index contributed by atoms with van der Waals surface area (Å²) in [4.78, 5) is 15.4. The van der Waals surface area contributed by atoms with Crippen LogP contribution in [-0.4, -0.2) is 27.6 Å². The van der Waals surface area contributed by atoms with Crippen LogP contribution >= 0.6 is 0 Å². The molecule has 0 radical (unpaired) electrons. The lowest BCUT2D eigenvalue weighted by molar-refractivity contribution is 0.0940. The highest BCUT2D eigenvalue weighted by molar-refractivity contribution is 5.90. The fraction of sp³-hybridized carbons (Fsp3) is 0.250. The number of fused-ring (bicyclic) bond motifs is 1. The van der Waals surface area contributed by atoms with Crippen LogP contribution in [0.25, 0.3) is 0 Å². The molecule has 0 saturated heterocycles. The van der Waals surface area contributed by atoms with Crippen molar-refractivity contribution < 1.29 is 4.79 Å². The molecule has 17 heavy (non-hydrogen) atoms. The van der Waals surface area contributed by atoms with Gasteiger partial charge in [0.2, 0.25) is 5.82 Å². The summed E-state index contributed by atoms with van der Waals surface area (Å²) in [6, 6.07) is 8.32. The van der Waals surface area contributed by atoms with Crippen molar-refractivity contribution in [2.45, 2.75) is 12.3 Å². The van der Waals surface area contributed by atoms with Crippen LogP contribution in [0.2, 0.25) is 0 Å². The molecule has 1 aliphatic rings. The molecule has 1 amide bonds. The lowest BCUT2D eigenvalue weighted by atomic mass is 9.77. The maximum atomic E-state index is 11.6. The van der Waals surface area contributed by atoms with Gasteiger partial charge in [0.15, 0.2) is 0 Å². The van der Waals surface area contributed by atoms with Crippen molar-refractivity contribution >= 4 is 5.91 Å². The number of rotatable bonds is 3. The molecule has 1 aliphatic carbocycles. The Kier molecular flexibility index (Phi) is 2.36. The Balaban J connectivity index is 1.59. The first kappa shape index (κ1) is 10.0. The molecule has 0 saturated carbocycles. The smallest absolute Gasteiger partial charge is 0.288 e. The third-order valence-corrected chi connectivity index (χ3v) is 3.10. The summed E-state index contributed by atoms with van der Waals surface area (Å²) in [6.45, 7) is 0.649. The van der Waals surface area contributed by atoms with Crippen LogP contribution < -0.4 is 5.32 Å². The van der Waals surface area contributed by atoms with Crippen molar-refractivity contribution in [3.63, 3.8) is 0 Å². The number of H-pyrrole nitrogens is 1. The van der Waals surface area contributed by atoms with E-state index in [1.54, 1.807) is 0 Å². The second-order valence-electron chi connectivity index (χ2n) is 4.14. The molecule has 1 heterocycles. The largest absolute Gasteiger partial charge is 0.349 e. The molecule has 2 N–H and O–H groups in total. The Morgan fingerprint density at radius 3 is 3.12 bits per heavy atom. The van der Waals surface area contributed by atoms with E-state index in [1.165, 1.54) is 17.5 Å². The normalized spacial score (nSPS) is 17.1. The molecule has 3 rings (SSSR count). The predicted octanol–water partition coefficient (Wildman–Crippen LogP) is 0.874. The fourth-order valence-electron chi connectivity index (χ4n) is 2.16. The minimum absolute atomic E-state index is 0.202. The zero-order chi connectivity index (χ0) is 11.7. The van der Waals surface area contributed by atoms with E-state index in [4.69, 9.17) is 0 Å². The number of aromatic nitrogens is 3. The minimum atomic E-state index is -0.202. The van der Waals surface area contributed by atoms with E-state index in [2.05, 4.69) is 32.6 Å². The first-order chi connectivity index (χ1) is 8.34. The topological polar surface area (TPSA) is 70.7 Å². The van der Waals surface area contributed by atoms with Crippen molar-refractivity contribution in [1.29, 1.82) is 0 Å². The van der Waals surface area contributed by atoms with Crippen molar-refractivity contribution in [1.82, 2.24) is 20.5 Å². The molecule has 1 unspecified atom stereocenters. The summed E-state index contributed by atoms with van der Waals surface area (Å²) in [6.07, 6.45) is 2.36. The summed E-state index contributed by atoms with van der Waals surface area (Å²) in [5.74, 6) is 0.488. The Bertz CT molecular complexity index is 535. The van der Waals surface area contributed by atoms with Gasteiger partial charge in [-0.15, -0.1) is 0 Å². The number of carbonyl (C=O) groups excluding carboxylic acids is 1. The zero-order valence-electron chi connectivity index (χ0n) is 9.18. The molecule has 2 aromatic rings. The summed E-state index contributed by atoms with van der Waals surface area (Å²) < 4.78 is 0. The van der Waals surface area contributed by atoms with Gasteiger partial charge in [-0.1, -0.05) is 24.3 Å². The molecule has 1 aromatic carbocycles. The average Bonchev–Trinajstić information content (AvgIpc) is 2.83. The van der Waals surface area contributed by atoms with Crippen LogP contribution in [-0.2, 0) is 6.42 Å². The number of hydrogen-bond donors (Lipinski definition) is 2. The second kappa shape index (κ2) is 4.01. The van der Waals surface area contributed by atoms with Crippen molar-refractivity contribution in [3.05, 3.63) is 47.5 Å². The predicted molar refractivity (Wildman–Crippen MR) is 61.6 cm³/mol. The number of carbonyl (C=O) groups is 1. The number of amides is 1. The van der Waals surface area contributed by atoms with Gasteiger partial charge in [0, 0.05) is 12.5 Å². The fourth-order valence-corrected chi connectivity index (χ4v) is 2.16. The lowest BCUT2D eigenvalue weighted by Gasteiger charge is -2.29. The van der Waals surface area contributed by atoms with E-state index in [1.807, 2.05) is 12.1 Å². The van der Waals surface area contributed by atoms with E-state index in [-0.39, 0.29) is 11.7 Å². The minimum Gasteiger partial charge on any atom is -0.349 e. The highest BCUT2D eigenvalue weighted by Gasteiger charge is 2.25. The van der Waals surface area contributed by atoms with Gasteiger partial charge in [-0.05, 0) is 17.5 Å². The molecule has 0 bridgehead atoms. The Hall–Kier alpha value is -2.17. The summed E-state index contributed by atoms with van der Waals surface area (Å²) >= 11 is 0. The summed E-state index contributed by atoms with van der Waals surface area (Å²) in [5, 5.41) is 9.04. The molecule has 1 aromatic heterocycles. The zero-order valence-corrected chi connectivity index (χ0v) is 9.18. The van der Waals surface area contributed by atoms with E-state index in [0.717, 1.165) is 6.42 Å². The van der Waals surface area contributed by atoms with Crippen LogP contribution in [0.1, 0.15) is 27.7 Å². The second-order valence-corrected chi connectivity index (χ2v) is 4.14. The van der Waals surface area contributed by atoms with Crippen molar-refractivity contribution in [2.24, 2.45) is 0 Å². The SMILES string of the molecule is O=C(NCC1Cc2ccccc21)c1ncn[nH]1. The molecular weight excluding hydrogens is 216 g/mol. The van der Waals surface area contributed by atoms with Crippen molar-refractivity contribution in [3.8, 4) is 0 Å². The molecule has 1 atom stereocenters. The standard InChI is InChI=1S/C12H12N4O/c17-12(11-14-7-15-16-11)13-6-9-5-8-3-1-2-4-10(8)9/h1-4,7,9H,5-6H2,(H,13,17)(H,14,15,16). The monoisotopic (exact) mass is 228 g/mol. The summed E-state index contributed by atoms with van der Waals surface area (Å²) in [7, 11) is 0. The molecule has 5 nitrogen and oxygen atoms in total. The van der Waals surface area contributed by atoms with Gasteiger partial charge in [0.1, 0.15) is 6.33 Å². The first-order valence-corrected chi connectivity index (χ1v) is 5.56. The molecule has 0 spiro atoms. The van der Waals surface area contributed by atoms with Crippen LogP contribution in [0.5, 0.6) is 0 Å². The van der Waals surface area contributed by atoms with Crippen LogP contribution in [0.3, 0.4) is 0 Å². The average molecular weight is 228 g/mol. The number of benzene rings is 1. The molecular formula is C12H12N4O. The number of nitrogens with one attached hydrogen (secondary N) is 2. The van der Waals surface area contributed by atoms with Crippen LogP contribution in [0.4, 0.5) is 0 Å². The highest BCUT2D eigenvalue weighted by atomic mass is 16.2. The number of nitrogens with zero attached hydrogens (tertiary/aromatic N) is 2. The van der Waals surface area contributed by atoms with Gasteiger partial charge in [-0.25, -0.2) is 4.98 Å². The van der Waals surface area contributed by atoms with Gasteiger partial charge in [0.25, 0.3) is 5.91 Å². The van der Waals surface area contributed by atoms with Gasteiger partial charge in [-0.2, -0.15) is 5.10 Å². The van der Waals surface area contributed by atoms with Gasteiger partial charge < -0.3 is 5.32 Å². The molecule has 0 aliphatic heterocycles. The van der Waals surface area contributed by atoms with Crippen molar-refractivity contribution in [2.75, 3.05) is 6.54 Å². The Morgan fingerprint density at radius 2 is 2.35 bits per heavy atom. The number of aromatic amines is 1. The van der Waals surface area contributed by atoms with Crippen LogP contribution in [0.15, 0.2) is 30.6 Å². The van der Waals surface area contributed by atoms with Gasteiger partial charge in [0.05, 0.1) is 0 Å². The Labute approximate surface area is 98.3 Å². The first-order valence-electron chi connectivity index (χ1n) is 5.56. The molecule has 5 heteroatoms. The Morgan fingerprint density at radius 1 is 1.47 bits per heavy atom. The highest BCUT2D eigenvalue weighted by Crippen LogP contribution is 2.33. The van der Waals surface area contributed by atoms with E-state index >= 15 is 0 Å². The molecule has 0 fully saturated rings. The quantitative estimate of drug-likeness (QED) is 0.819. The maximum absolute atomic E-state index is 11.6. The number of hydrogen-bond acceptors (Lipinski definition) is 3. The lowest BCUT2D eigenvalue weighted by Crippen LogP contribution is -2.33. The maximum Gasteiger partial charge on any atom is 0.288 e. The van der Waals surface area contributed by atoms with Gasteiger partial charge in [-0.3, -0.25) is 9.89 Å². The van der Waals surface area contributed by atoms with E-state index < -0.39 is 0 Å². The van der Waals surface area contributed by atoms with Crippen LogP contribution in [0, 0.1) is 0 Å². The molecule has 86 valence electrons.